The molecule has 0 unspecified atom stereocenters. The summed E-state index contributed by atoms with van der Waals surface area (Å²) >= 11 is 0. The standard InChI is InChI=1S/C15H12F3N3O2S/c16-11-3-4-12(14(18)13(11)17)24(22,23)21-8-9(5-6-19)10-2-1-7-20-15(10)21/h1-4,7-8H,5-6,19H2. The minimum absolute atomic E-state index is 0.0603. The third-order valence-corrected chi connectivity index (χ3v) is 5.23. The van der Waals surface area contributed by atoms with Crippen LogP contribution in [0.4, 0.5) is 13.2 Å². The zero-order valence-corrected chi connectivity index (χ0v) is 13.0. The first kappa shape index (κ1) is 16.5. The lowest BCUT2D eigenvalue weighted by atomic mass is 10.2. The average molecular weight is 355 g/mol. The molecule has 2 aromatic heterocycles. The molecule has 0 saturated heterocycles. The van der Waals surface area contributed by atoms with Crippen molar-refractivity contribution in [2.24, 2.45) is 5.73 Å². The smallest absolute Gasteiger partial charge is 0.272 e. The van der Waals surface area contributed by atoms with Crippen LogP contribution in [0.3, 0.4) is 0 Å². The topological polar surface area (TPSA) is 78.0 Å². The van der Waals surface area contributed by atoms with E-state index in [1.54, 1.807) is 12.1 Å². The predicted octanol–water partition coefficient (Wildman–Crippen LogP) is 2.19. The highest BCUT2D eigenvalue weighted by Crippen LogP contribution is 2.27. The van der Waals surface area contributed by atoms with Gasteiger partial charge in [0, 0.05) is 17.8 Å². The Morgan fingerprint density at radius 3 is 2.58 bits per heavy atom. The van der Waals surface area contributed by atoms with Gasteiger partial charge in [0.25, 0.3) is 10.0 Å². The molecule has 0 bridgehead atoms. The normalized spacial score (nSPS) is 12.0. The lowest BCUT2D eigenvalue weighted by Gasteiger charge is -2.08. The molecule has 2 heterocycles. The molecule has 0 atom stereocenters. The zero-order valence-electron chi connectivity index (χ0n) is 12.2. The summed E-state index contributed by atoms with van der Waals surface area (Å²) in [4.78, 5) is 3.03. The van der Waals surface area contributed by atoms with Gasteiger partial charge in [-0.3, -0.25) is 0 Å². The monoisotopic (exact) mass is 355 g/mol. The fraction of sp³-hybridized carbons (Fsp3) is 0.133. The molecule has 2 N–H and O–H groups in total. The van der Waals surface area contributed by atoms with Crippen LogP contribution in [0.1, 0.15) is 5.56 Å². The van der Waals surface area contributed by atoms with Crippen molar-refractivity contribution in [1.29, 1.82) is 0 Å². The number of aromatic nitrogens is 2. The van der Waals surface area contributed by atoms with Crippen molar-refractivity contribution in [3.8, 4) is 0 Å². The van der Waals surface area contributed by atoms with Crippen LogP contribution in [0.15, 0.2) is 41.6 Å². The molecule has 0 spiro atoms. The van der Waals surface area contributed by atoms with E-state index in [4.69, 9.17) is 5.73 Å². The van der Waals surface area contributed by atoms with E-state index in [-0.39, 0.29) is 12.2 Å². The molecular weight excluding hydrogens is 343 g/mol. The molecule has 3 aromatic rings. The van der Waals surface area contributed by atoms with E-state index in [0.29, 0.717) is 29.5 Å². The maximum absolute atomic E-state index is 14.0. The Balaban J connectivity index is 2.29. The van der Waals surface area contributed by atoms with Crippen LogP contribution in [-0.2, 0) is 16.4 Å². The second kappa shape index (κ2) is 5.91. The number of halogens is 3. The van der Waals surface area contributed by atoms with Gasteiger partial charge in [-0.2, -0.15) is 0 Å². The van der Waals surface area contributed by atoms with Gasteiger partial charge in [-0.15, -0.1) is 0 Å². The summed E-state index contributed by atoms with van der Waals surface area (Å²) in [6.07, 6.45) is 3.02. The zero-order chi connectivity index (χ0) is 17.5. The van der Waals surface area contributed by atoms with E-state index < -0.39 is 32.4 Å². The first-order chi connectivity index (χ1) is 11.4. The number of pyridine rings is 1. The summed E-state index contributed by atoms with van der Waals surface area (Å²) in [5.41, 5.74) is 6.18. The van der Waals surface area contributed by atoms with Gasteiger partial charge in [-0.05, 0) is 42.8 Å². The summed E-state index contributed by atoms with van der Waals surface area (Å²) < 4.78 is 66.6. The van der Waals surface area contributed by atoms with Crippen LogP contribution >= 0.6 is 0 Å². The van der Waals surface area contributed by atoms with Crippen molar-refractivity contribution in [3.63, 3.8) is 0 Å². The summed E-state index contributed by atoms with van der Waals surface area (Å²) in [5, 5.41) is 0.537. The number of nitrogens with zero attached hydrogens (tertiary/aromatic N) is 2. The molecular formula is C15H12F3N3O2S. The first-order valence-electron chi connectivity index (χ1n) is 6.92. The number of hydrogen-bond donors (Lipinski definition) is 1. The van der Waals surface area contributed by atoms with Crippen molar-refractivity contribution >= 4 is 21.1 Å². The Hall–Kier alpha value is -2.39. The quantitative estimate of drug-likeness (QED) is 0.728. The lowest BCUT2D eigenvalue weighted by Crippen LogP contribution is -2.15. The fourth-order valence-electron chi connectivity index (χ4n) is 2.45. The molecule has 0 aliphatic carbocycles. The van der Waals surface area contributed by atoms with Crippen LogP contribution in [0.25, 0.3) is 11.0 Å². The van der Waals surface area contributed by atoms with Crippen LogP contribution in [0, 0.1) is 17.5 Å². The molecule has 3 rings (SSSR count). The van der Waals surface area contributed by atoms with Crippen molar-refractivity contribution < 1.29 is 21.6 Å². The molecule has 9 heteroatoms. The van der Waals surface area contributed by atoms with E-state index >= 15 is 0 Å². The number of hydrogen-bond acceptors (Lipinski definition) is 4. The molecule has 0 amide bonds. The van der Waals surface area contributed by atoms with Crippen LogP contribution in [0.5, 0.6) is 0 Å². The number of nitrogens with two attached hydrogens (primary N) is 1. The van der Waals surface area contributed by atoms with E-state index in [9.17, 15) is 21.6 Å². The van der Waals surface area contributed by atoms with Crippen LogP contribution in [-0.4, -0.2) is 23.9 Å². The Morgan fingerprint density at radius 2 is 1.88 bits per heavy atom. The third-order valence-electron chi connectivity index (χ3n) is 3.56. The predicted molar refractivity (Wildman–Crippen MR) is 81.4 cm³/mol. The van der Waals surface area contributed by atoms with E-state index in [1.807, 2.05) is 0 Å². The van der Waals surface area contributed by atoms with Gasteiger partial charge in [0.15, 0.2) is 23.1 Å². The minimum Gasteiger partial charge on any atom is -0.330 e. The maximum Gasteiger partial charge on any atom is 0.272 e. The molecule has 0 aliphatic rings. The molecule has 24 heavy (non-hydrogen) atoms. The van der Waals surface area contributed by atoms with Crippen molar-refractivity contribution in [2.75, 3.05) is 6.54 Å². The highest BCUT2D eigenvalue weighted by atomic mass is 32.2. The molecule has 126 valence electrons. The van der Waals surface area contributed by atoms with Crippen molar-refractivity contribution in [2.45, 2.75) is 11.3 Å². The SMILES string of the molecule is NCCc1cn(S(=O)(=O)c2ccc(F)c(F)c2F)c2ncccc12. The summed E-state index contributed by atoms with van der Waals surface area (Å²) in [5.74, 6) is -5.08. The van der Waals surface area contributed by atoms with Gasteiger partial charge >= 0.3 is 0 Å². The number of rotatable bonds is 4. The van der Waals surface area contributed by atoms with Gasteiger partial charge < -0.3 is 5.73 Å². The Bertz CT molecular complexity index is 1030. The van der Waals surface area contributed by atoms with Crippen LogP contribution < -0.4 is 5.73 Å². The molecule has 0 aliphatic heterocycles. The van der Waals surface area contributed by atoms with E-state index in [1.165, 1.54) is 12.4 Å². The van der Waals surface area contributed by atoms with Gasteiger partial charge in [-0.25, -0.2) is 30.5 Å². The summed E-state index contributed by atoms with van der Waals surface area (Å²) in [6.45, 7) is 0.271. The van der Waals surface area contributed by atoms with E-state index in [0.717, 1.165) is 3.97 Å². The third kappa shape index (κ3) is 2.45. The second-order valence-electron chi connectivity index (χ2n) is 5.04. The number of fused-ring (bicyclic) bond motifs is 1. The minimum atomic E-state index is -4.50. The molecule has 0 fully saturated rings. The summed E-state index contributed by atoms with van der Waals surface area (Å²) in [7, 11) is -4.50. The first-order valence-corrected chi connectivity index (χ1v) is 8.36. The van der Waals surface area contributed by atoms with Gasteiger partial charge in [-0.1, -0.05) is 0 Å². The van der Waals surface area contributed by atoms with Gasteiger partial charge in [0.1, 0.15) is 4.90 Å². The second-order valence-corrected chi connectivity index (χ2v) is 6.83. The molecule has 5 nitrogen and oxygen atoms in total. The highest BCUT2D eigenvalue weighted by Gasteiger charge is 2.28. The Labute approximate surface area is 135 Å². The number of benzene rings is 1. The maximum atomic E-state index is 14.0. The highest BCUT2D eigenvalue weighted by molar-refractivity contribution is 7.90. The van der Waals surface area contributed by atoms with Gasteiger partial charge in [0.2, 0.25) is 0 Å². The van der Waals surface area contributed by atoms with Crippen molar-refractivity contribution in [3.05, 3.63) is 59.7 Å². The Kier molecular flexibility index (Phi) is 4.06. The average Bonchev–Trinajstić information content (AvgIpc) is 2.93. The molecule has 1 aromatic carbocycles. The van der Waals surface area contributed by atoms with Crippen molar-refractivity contribution in [1.82, 2.24) is 8.96 Å². The molecule has 0 saturated carbocycles. The fourth-order valence-corrected chi connectivity index (χ4v) is 3.85. The molecule has 0 radical (unpaired) electrons. The largest absolute Gasteiger partial charge is 0.330 e. The summed E-state index contributed by atoms with van der Waals surface area (Å²) in [6, 6.07) is 4.52. The van der Waals surface area contributed by atoms with E-state index in [2.05, 4.69) is 4.98 Å². The Morgan fingerprint density at radius 1 is 1.12 bits per heavy atom. The van der Waals surface area contributed by atoms with Gasteiger partial charge in [0.05, 0.1) is 0 Å². The van der Waals surface area contributed by atoms with Crippen LogP contribution in [0.2, 0.25) is 0 Å². The lowest BCUT2D eigenvalue weighted by molar-refractivity contribution is 0.432.